The van der Waals surface area contributed by atoms with Gasteiger partial charge in [-0.15, -0.1) is 10.2 Å². The lowest BCUT2D eigenvalue weighted by Gasteiger charge is -2.08. The van der Waals surface area contributed by atoms with Crippen molar-refractivity contribution in [2.24, 2.45) is 16.0 Å². The van der Waals surface area contributed by atoms with E-state index in [1.54, 1.807) is 24.3 Å². The number of nitrogens with two attached hydrogens (primary N) is 1. The van der Waals surface area contributed by atoms with Crippen LogP contribution in [-0.2, 0) is 10.1 Å². The fraction of sp³-hybridized carbons (Fsp3) is 0. The topological polar surface area (TPSA) is 142 Å². The molecule has 0 spiro atoms. The summed E-state index contributed by atoms with van der Waals surface area (Å²) >= 11 is 0. The van der Waals surface area contributed by atoms with E-state index in [2.05, 4.69) is 10.2 Å². The van der Waals surface area contributed by atoms with Gasteiger partial charge in [0.25, 0.3) is 16.0 Å². The Hall–Kier alpha value is -3.30. The number of azo groups is 1. The van der Waals surface area contributed by atoms with Gasteiger partial charge in [-0.05, 0) is 18.2 Å². The Morgan fingerprint density at radius 3 is 2.15 bits per heavy atom. The molecule has 0 aliphatic heterocycles. The van der Waals surface area contributed by atoms with Gasteiger partial charge in [-0.1, -0.05) is 36.4 Å². The number of carbonyl (C=O) groups excluding carboxylic acids is 1. The number of rotatable bonds is 4. The molecule has 0 heterocycles. The first-order chi connectivity index (χ1) is 12.3. The van der Waals surface area contributed by atoms with Crippen LogP contribution < -0.4 is 5.73 Å². The third-order valence-electron chi connectivity index (χ3n) is 3.67. The van der Waals surface area contributed by atoms with Crippen molar-refractivity contribution >= 4 is 38.2 Å². The predicted octanol–water partition coefficient (Wildman–Crippen LogP) is 3.31. The average molecular weight is 371 g/mol. The number of phenolic OH excluding ortho intramolecular Hbond substituents is 1. The molecule has 0 radical (unpaired) electrons. The standard InChI is InChI=1S/C17H13N3O5S/c18-17(22)12-7-3-4-8-13(12)19-20-14-9-15(26(23,24)25)10-5-1-2-6-11(10)16(14)21/h1-9,21H,(H2,18,22)(H,23,24,25). The minimum atomic E-state index is -4.56. The number of benzene rings is 3. The van der Waals surface area contributed by atoms with E-state index in [0.29, 0.717) is 0 Å². The van der Waals surface area contributed by atoms with Gasteiger partial charge in [0.15, 0.2) is 5.75 Å². The van der Waals surface area contributed by atoms with E-state index in [4.69, 9.17) is 5.73 Å². The number of hydrogen-bond acceptors (Lipinski definition) is 6. The Labute approximate surface area is 148 Å². The SMILES string of the molecule is NC(=O)c1ccccc1N=Nc1cc(S(=O)(=O)O)c2ccccc2c1O. The van der Waals surface area contributed by atoms with Crippen LogP contribution in [0.2, 0.25) is 0 Å². The summed E-state index contributed by atoms with van der Waals surface area (Å²) in [4.78, 5) is 11.0. The van der Waals surface area contributed by atoms with E-state index in [0.717, 1.165) is 6.07 Å². The summed E-state index contributed by atoms with van der Waals surface area (Å²) in [7, 11) is -4.56. The van der Waals surface area contributed by atoms with Crippen molar-refractivity contribution in [2.75, 3.05) is 0 Å². The monoisotopic (exact) mass is 371 g/mol. The van der Waals surface area contributed by atoms with Crippen molar-refractivity contribution < 1.29 is 22.9 Å². The number of aromatic hydroxyl groups is 1. The Balaban J connectivity index is 2.21. The molecule has 3 aromatic carbocycles. The largest absolute Gasteiger partial charge is 0.505 e. The maximum atomic E-state index is 11.7. The van der Waals surface area contributed by atoms with Gasteiger partial charge in [-0.3, -0.25) is 9.35 Å². The Kier molecular flexibility index (Phi) is 4.41. The molecule has 0 aliphatic carbocycles. The molecule has 1 amide bonds. The number of primary amides is 1. The zero-order valence-corrected chi connectivity index (χ0v) is 14.0. The molecule has 0 bridgehead atoms. The summed E-state index contributed by atoms with van der Waals surface area (Å²) in [5, 5.41) is 18.4. The fourth-order valence-electron chi connectivity index (χ4n) is 2.48. The lowest BCUT2D eigenvalue weighted by Crippen LogP contribution is -2.10. The second kappa shape index (κ2) is 6.54. The molecule has 4 N–H and O–H groups in total. The Morgan fingerprint density at radius 2 is 1.50 bits per heavy atom. The van der Waals surface area contributed by atoms with Crippen LogP contribution in [0.3, 0.4) is 0 Å². The van der Waals surface area contributed by atoms with E-state index in [-0.39, 0.29) is 33.5 Å². The van der Waals surface area contributed by atoms with Crippen LogP contribution in [-0.4, -0.2) is 24.0 Å². The minimum Gasteiger partial charge on any atom is -0.505 e. The van der Waals surface area contributed by atoms with Crippen molar-refractivity contribution in [2.45, 2.75) is 4.90 Å². The highest BCUT2D eigenvalue weighted by atomic mass is 32.2. The molecule has 3 rings (SSSR count). The van der Waals surface area contributed by atoms with Crippen LogP contribution >= 0.6 is 0 Å². The molecule has 0 fully saturated rings. The number of phenols is 1. The van der Waals surface area contributed by atoms with Crippen LogP contribution in [0.4, 0.5) is 11.4 Å². The third kappa shape index (κ3) is 3.25. The normalized spacial score (nSPS) is 11.9. The minimum absolute atomic E-state index is 0.117. The fourth-order valence-corrected chi connectivity index (χ4v) is 3.20. The number of amides is 1. The highest BCUT2D eigenvalue weighted by Gasteiger charge is 2.19. The molecule has 3 aromatic rings. The molecule has 0 unspecified atom stereocenters. The molecule has 26 heavy (non-hydrogen) atoms. The van der Waals surface area contributed by atoms with Gasteiger partial charge >= 0.3 is 0 Å². The van der Waals surface area contributed by atoms with E-state index in [1.807, 2.05) is 0 Å². The Bertz CT molecular complexity index is 1160. The summed E-state index contributed by atoms with van der Waals surface area (Å²) < 4.78 is 32.8. The Morgan fingerprint density at radius 1 is 0.923 bits per heavy atom. The first kappa shape index (κ1) is 17.5. The van der Waals surface area contributed by atoms with Crippen molar-refractivity contribution in [3.05, 3.63) is 60.2 Å². The molecule has 0 aromatic heterocycles. The van der Waals surface area contributed by atoms with Crippen LogP contribution in [0, 0.1) is 0 Å². The first-order valence-electron chi connectivity index (χ1n) is 7.32. The summed E-state index contributed by atoms with van der Waals surface area (Å²) in [6, 6.07) is 13.3. The molecule has 9 heteroatoms. The number of hydrogen-bond donors (Lipinski definition) is 3. The highest BCUT2D eigenvalue weighted by molar-refractivity contribution is 7.86. The van der Waals surface area contributed by atoms with Gasteiger partial charge < -0.3 is 10.8 Å². The maximum absolute atomic E-state index is 11.7. The lowest BCUT2D eigenvalue weighted by atomic mass is 10.1. The van der Waals surface area contributed by atoms with Crippen molar-refractivity contribution in [1.29, 1.82) is 0 Å². The predicted molar refractivity (Wildman–Crippen MR) is 94.6 cm³/mol. The molecule has 8 nitrogen and oxygen atoms in total. The zero-order chi connectivity index (χ0) is 18.9. The van der Waals surface area contributed by atoms with Crippen molar-refractivity contribution in [3.63, 3.8) is 0 Å². The van der Waals surface area contributed by atoms with Crippen LogP contribution in [0.1, 0.15) is 10.4 Å². The summed E-state index contributed by atoms with van der Waals surface area (Å²) in [6.07, 6.45) is 0. The first-order valence-corrected chi connectivity index (χ1v) is 8.76. The van der Waals surface area contributed by atoms with Gasteiger partial charge in [0.05, 0.1) is 11.3 Å². The lowest BCUT2D eigenvalue weighted by molar-refractivity contribution is 0.100. The van der Waals surface area contributed by atoms with E-state index >= 15 is 0 Å². The third-order valence-corrected chi connectivity index (χ3v) is 4.56. The van der Waals surface area contributed by atoms with Crippen molar-refractivity contribution in [1.82, 2.24) is 0 Å². The number of fused-ring (bicyclic) bond motifs is 1. The van der Waals surface area contributed by atoms with Gasteiger partial charge in [0.2, 0.25) is 0 Å². The van der Waals surface area contributed by atoms with E-state index in [1.165, 1.54) is 24.3 Å². The molecular formula is C17H13N3O5S. The van der Waals surface area contributed by atoms with Crippen molar-refractivity contribution in [3.8, 4) is 5.75 Å². The maximum Gasteiger partial charge on any atom is 0.295 e. The second-order valence-corrected chi connectivity index (χ2v) is 6.73. The average Bonchev–Trinajstić information content (AvgIpc) is 2.60. The molecular weight excluding hydrogens is 358 g/mol. The molecule has 0 saturated heterocycles. The molecule has 132 valence electrons. The highest BCUT2D eigenvalue weighted by Crippen LogP contribution is 2.39. The van der Waals surface area contributed by atoms with Gasteiger partial charge in [0.1, 0.15) is 10.6 Å². The zero-order valence-electron chi connectivity index (χ0n) is 13.2. The van der Waals surface area contributed by atoms with Crippen LogP contribution in [0.15, 0.2) is 69.7 Å². The molecule has 0 atom stereocenters. The number of nitrogens with zero attached hydrogens (tertiary/aromatic N) is 2. The van der Waals surface area contributed by atoms with Crippen LogP contribution in [0.5, 0.6) is 5.75 Å². The molecule has 0 saturated carbocycles. The van der Waals surface area contributed by atoms with Gasteiger partial charge in [-0.2, -0.15) is 8.42 Å². The summed E-state index contributed by atoms with van der Waals surface area (Å²) in [5.41, 5.74) is 5.35. The smallest absolute Gasteiger partial charge is 0.295 e. The van der Waals surface area contributed by atoms with Gasteiger partial charge in [-0.25, -0.2) is 0 Å². The van der Waals surface area contributed by atoms with E-state index < -0.39 is 20.9 Å². The van der Waals surface area contributed by atoms with Crippen LogP contribution in [0.25, 0.3) is 10.8 Å². The molecule has 0 aliphatic rings. The summed E-state index contributed by atoms with van der Waals surface area (Å²) in [6.45, 7) is 0. The van der Waals surface area contributed by atoms with E-state index in [9.17, 15) is 22.9 Å². The van der Waals surface area contributed by atoms with Gasteiger partial charge in [0, 0.05) is 10.8 Å². The summed E-state index contributed by atoms with van der Waals surface area (Å²) in [5.74, 6) is -1.02. The second-order valence-electron chi connectivity index (χ2n) is 5.34. The quantitative estimate of drug-likeness (QED) is 0.476. The number of carbonyl (C=O) groups is 1.